The normalized spacial score (nSPS) is 10.7. The predicted molar refractivity (Wildman–Crippen MR) is 151 cm³/mol. The van der Waals surface area contributed by atoms with E-state index < -0.39 is 6.09 Å². The minimum Gasteiger partial charge on any atom is -0.450 e. The quantitative estimate of drug-likeness (QED) is 0.135. The predicted octanol–water partition coefficient (Wildman–Crippen LogP) is 8.08. The number of alkyl carbamates (subject to hydrolysis) is 2. The van der Waals surface area contributed by atoms with E-state index in [0.717, 1.165) is 37.8 Å². The van der Waals surface area contributed by atoms with Crippen LogP contribution < -0.4 is 10.6 Å². The lowest BCUT2D eigenvalue weighted by atomic mass is 10.0. The molecule has 0 fully saturated rings. The van der Waals surface area contributed by atoms with E-state index in [9.17, 15) is 9.59 Å². The Balaban J connectivity index is 1.75. The number of pyridine rings is 1. The molecule has 0 aliphatic carbocycles. The Kier molecular flexibility index (Phi) is 22.4. The molecule has 1 heterocycles. The third-order valence-corrected chi connectivity index (χ3v) is 6.44. The van der Waals surface area contributed by atoms with Crippen LogP contribution in [0.3, 0.4) is 0 Å². The van der Waals surface area contributed by atoms with E-state index in [4.69, 9.17) is 9.47 Å². The van der Waals surface area contributed by atoms with Gasteiger partial charge in [-0.05, 0) is 37.8 Å². The summed E-state index contributed by atoms with van der Waals surface area (Å²) in [7, 11) is 0. The molecule has 0 radical (unpaired) electrons. The molecule has 0 saturated carbocycles. The minimum absolute atomic E-state index is 0.337. The molecular formula is C30H53N3O4. The van der Waals surface area contributed by atoms with Crippen LogP contribution in [0.25, 0.3) is 0 Å². The Morgan fingerprint density at radius 3 is 1.65 bits per heavy atom. The standard InChI is InChI=1S/C30H53N3O4/c1-2-3-4-5-6-7-8-9-10-11-12-13-14-15-18-24-32-29(34)36-25-20-16-21-26-37-30(35)33-27-28-22-17-19-23-31-28/h17,19,22-23H,2-16,18,20-21,24-27H2,1H3,(H,32,34)(H,33,35). The molecule has 0 aliphatic heterocycles. The van der Waals surface area contributed by atoms with E-state index in [-0.39, 0.29) is 6.09 Å². The summed E-state index contributed by atoms with van der Waals surface area (Å²) < 4.78 is 10.3. The van der Waals surface area contributed by atoms with E-state index in [0.29, 0.717) is 26.3 Å². The van der Waals surface area contributed by atoms with Crippen molar-refractivity contribution in [2.45, 2.75) is 129 Å². The van der Waals surface area contributed by atoms with Crippen LogP contribution in [0.5, 0.6) is 0 Å². The zero-order chi connectivity index (χ0) is 26.7. The third-order valence-electron chi connectivity index (χ3n) is 6.44. The van der Waals surface area contributed by atoms with Crippen LogP contribution in [0.4, 0.5) is 9.59 Å². The van der Waals surface area contributed by atoms with Gasteiger partial charge in [0.05, 0.1) is 25.5 Å². The highest BCUT2D eigenvalue weighted by molar-refractivity contribution is 5.67. The molecule has 7 heteroatoms. The van der Waals surface area contributed by atoms with Crippen molar-refractivity contribution in [3.63, 3.8) is 0 Å². The van der Waals surface area contributed by atoms with E-state index in [1.165, 1.54) is 83.5 Å². The maximum Gasteiger partial charge on any atom is 0.407 e. The Labute approximate surface area is 225 Å². The maximum absolute atomic E-state index is 11.7. The summed E-state index contributed by atoms with van der Waals surface area (Å²) in [6, 6.07) is 5.55. The topological polar surface area (TPSA) is 89.5 Å². The third kappa shape index (κ3) is 22.6. The Morgan fingerprint density at radius 1 is 0.649 bits per heavy atom. The lowest BCUT2D eigenvalue weighted by Crippen LogP contribution is -2.25. The van der Waals surface area contributed by atoms with E-state index in [1.54, 1.807) is 6.20 Å². The fraction of sp³-hybridized carbons (Fsp3) is 0.767. The van der Waals surface area contributed by atoms with Gasteiger partial charge in [-0.1, -0.05) is 103 Å². The molecule has 1 rings (SSSR count). The molecule has 2 N–H and O–H groups in total. The maximum atomic E-state index is 11.7. The number of unbranched alkanes of at least 4 members (excludes halogenated alkanes) is 16. The fourth-order valence-corrected chi connectivity index (χ4v) is 4.16. The lowest BCUT2D eigenvalue weighted by Gasteiger charge is -2.08. The number of rotatable bonds is 24. The number of ether oxygens (including phenoxy) is 2. The fourth-order valence-electron chi connectivity index (χ4n) is 4.16. The van der Waals surface area contributed by atoms with Gasteiger partial charge in [-0.25, -0.2) is 9.59 Å². The van der Waals surface area contributed by atoms with Gasteiger partial charge < -0.3 is 20.1 Å². The van der Waals surface area contributed by atoms with Crippen molar-refractivity contribution in [1.82, 2.24) is 15.6 Å². The van der Waals surface area contributed by atoms with Crippen LogP contribution in [-0.4, -0.2) is 36.9 Å². The molecule has 1 aromatic heterocycles. The number of carbonyl (C=O) groups excluding carboxylic acids is 2. The first-order valence-electron chi connectivity index (χ1n) is 14.9. The van der Waals surface area contributed by atoms with Crippen molar-refractivity contribution in [2.75, 3.05) is 19.8 Å². The Morgan fingerprint density at radius 2 is 1.14 bits per heavy atom. The number of nitrogens with one attached hydrogen (secondary N) is 2. The SMILES string of the molecule is CCCCCCCCCCCCCCCCCNC(=O)OCCCCCOC(=O)NCc1ccccn1. The molecule has 0 spiro atoms. The Hall–Kier alpha value is -2.31. The highest BCUT2D eigenvalue weighted by Gasteiger charge is 2.03. The summed E-state index contributed by atoms with van der Waals surface area (Å²) in [6.07, 6.45) is 23.3. The lowest BCUT2D eigenvalue weighted by molar-refractivity contribution is 0.136. The second kappa shape index (κ2) is 25.3. The van der Waals surface area contributed by atoms with Crippen molar-refractivity contribution < 1.29 is 19.1 Å². The van der Waals surface area contributed by atoms with Gasteiger partial charge in [-0.15, -0.1) is 0 Å². The number of hydrogen-bond acceptors (Lipinski definition) is 5. The van der Waals surface area contributed by atoms with E-state index in [1.807, 2.05) is 18.2 Å². The molecular weight excluding hydrogens is 466 g/mol. The van der Waals surface area contributed by atoms with Crippen molar-refractivity contribution in [2.24, 2.45) is 0 Å². The van der Waals surface area contributed by atoms with Crippen molar-refractivity contribution in [3.8, 4) is 0 Å². The number of aromatic nitrogens is 1. The highest BCUT2D eigenvalue weighted by atomic mass is 16.6. The summed E-state index contributed by atoms with van der Waals surface area (Å²) >= 11 is 0. The summed E-state index contributed by atoms with van der Waals surface area (Å²) in [5.74, 6) is 0. The molecule has 37 heavy (non-hydrogen) atoms. The first kappa shape index (κ1) is 32.7. The average Bonchev–Trinajstić information content (AvgIpc) is 2.91. The van der Waals surface area contributed by atoms with Gasteiger partial charge in [0, 0.05) is 12.7 Å². The largest absolute Gasteiger partial charge is 0.450 e. The van der Waals surface area contributed by atoms with Crippen molar-refractivity contribution in [1.29, 1.82) is 0 Å². The summed E-state index contributed by atoms with van der Waals surface area (Å²) in [5.41, 5.74) is 0.787. The van der Waals surface area contributed by atoms with E-state index in [2.05, 4.69) is 22.5 Å². The molecule has 0 aromatic carbocycles. The second-order valence-corrected chi connectivity index (χ2v) is 9.88. The molecule has 1 aromatic rings. The van der Waals surface area contributed by atoms with Gasteiger partial charge in [0.25, 0.3) is 0 Å². The minimum atomic E-state index is -0.444. The number of amides is 2. The second-order valence-electron chi connectivity index (χ2n) is 9.88. The van der Waals surface area contributed by atoms with Crippen molar-refractivity contribution in [3.05, 3.63) is 30.1 Å². The first-order valence-corrected chi connectivity index (χ1v) is 14.9. The van der Waals surface area contributed by atoms with Gasteiger partial charge in [0.15, 0.2) is 0 Å². The van der Waals surface area contributed by atoms with Gasteiger partial charge in [0.1, 0.15) is 0 Å². The van der Waals surface area contributed by atoms with Gasteiger partial charge >= 0.3 is 12.2 Å². The average molecular weight is 520 g/mol. The van der Waals surface area contributed by atoms with Crippen molar-refractivity contribution >= 4 is 12.2 Å². The summed E-state index contributed by atoms with van der Waals surface area (Å²) in [6.45, 7) is 4.03. The van der Waals surface area contributed by atoms with E-state index >= 15 is 0 Å². The van der Waals surface area contributed by atoms with Crippen LogP contribution in [-0.2, 0) is 16.0 Å². The molecule has 0 unspecified atom stereocenters. The summed E-state index contributed by atoms with van der Waals surface area (Å²) in [4.78, 5) is 27.5. The van der Waals surface area contributed by atoms with Gasteiger partial charge in [-0.2, -0.15) is 0 Å². The number of carbonyl (C=O) groups is 2. The van der Waals surface area contributed by atoms with Crippen LogP contribution in [0.15, 0.2) is 24.4 Å². The molecule has 2 amide bonds. The molecule has 7 nitrogen and oxygen atoms in total. The highest BCUT2D eigenvalue weighted by Crippen LogP contribution is 2.13. The molecule has 212 valence electrons. The zero-order valence-corrected chi connectivity index (χ0v) is 23.4. The summed E-state index contributed by atoms with van der Waals surface area (Å²) in [5, 5.41) is 5.50. The zero-order valence-electron chi connectivity index (χ0n) is 23.4. The van der Waals surface area contributed by atoms with Gasteiger partial charge in [-0.3, -0.25) is 4.98 Å². The van der Waals surface area contributed by atoms with Gasteiger partial charge in [0.2, 0.25) is 0 Å². The molecule has 0 atom stereocenters. The van der Waals surface area contributed by atoms with Crippen LogP contribution in [0.1, 0.15) is 128 Å². The molecule has 0 saturated heterocycles. The number of hydrogen-bond donors (Lipinski definition) is 2. The van der Waals surface area contributed by atoms with Crippen LogP contribution in [0, 0.1) is 0 Å². The monoisotopic (exact) mass is 519 g/mol. The smallest absolute Gasteiger partial charge is 0.407 e. The molecule has 0 aliphatic rings. The van der Waals surface area contributed by atoms with Crippen LogP contribution >= 0.6 is 0 Å². The number of nitrogens with zero attached hydrogens (tertiary/aromatic N) is 1. The molecule has 0 bridgehead atoms. The van der Waals surface area contributed by atoms with Crippen LogP contribution in [0.2, 0.25) is 0 Å². The first-order chi connectivity index (χ1) is 18.2. The Bertz CT molecular complexity index is 657.